The predicted octanol–water partition coefficient (Wildman–Crippen LogP) is 0.737. The number of nitrogens with zero attached hydrogens (tertiary/aromatic N) is 2. The molecule has 0 saturated heterocycles. The standard InChI is InChI=1S/C10H14ClN3O4S/c1-14(2)19(17,18)4-3-12-9-5-7(10(15)16)8(11)6-13-9/h5-6H,3-4H2,1-2H3,(H,12,13)(H,15,16). The fourth-order valence-electron chi connectivity index (χ4n) is 1.19. The molecule has 7 nitrogen and oxygen atoms in total. The molecule has 9 heteroatoms. The summed E-state index contributed by atoms with van der Waals surface area (Å²) in [7, 11) is -0.417. The van der Waals surface area contributed by atoms with E-state index < -0.39 is 16.0 Å². The Morgan fingerprint density at radius 1 is 1.53 bits per heavy atom. The van der Waals surface area contributed by atoms with Crippen molar-refractivity contribution in [2.45, 2.75) is 0 Å². The second kappa shape index (κ2) is 6.18. The minimum absolute atomic E-state index is 0.0268. The molecule has 0 aliphatic carbocycles. The Morgan fingerprint density at radius 2 is 2.16 bits per heavy atom. The third kappa shape index (κ3) is 4.34. The third-order valence-corrected chi connectivity index (χ3v) is 4.44. The number of aromatic carboxylic acids is 1. The minimum Gasteiger partial charge on any atom is -0.478 e. The van der Waals surface area contributed by atoms with Crippen LogP contribution in [0.15, 0.2) is 12.3 Å². The largest absolute Gasteiger partial charge is 0.478 e. The number of carboxylic acids is 1. The number of hydrogen-bond donors (Lipinski definition) is 2. The molecule has 0 atom stereocenters. The first-order chi connectivity index (χ1) is 8.74. The van der Waals surface area contributed by atoms with Crippen LogP contribution in [0, 0.1) is 0 Å². The van der Waals surface area contributed by atoms with Gasteiger partial charge in [0.05, 0.1) is 16.3 Å². The molecule has 0 radical (unpaired) electrons. The van der Waals surface area contributed by atoms with Gasteiger partial charge in [0.25, 0.3) is 0 Å². The molecule has 0 spiro atoms. The molecule has 106 valence electrons. The lowest BCUT2D eigenvalue weighted by Gasteiger charge is -2.12. The molecule has 0 saturated carbocycles. The molecular formula is C10H14ClN3O4S. The van der Waals surface area contributed by atoms with Crippen molar-refractivity contribution in [3.63, 3.8) is 0 Å². The molecular weight excluding hydrogens is 294 g/mol. The molecule has 1 rings (SSSR count). The van der Waals surface area contributed by atoms with Gasteiger partial charge in [0.1, 0.15) is 5.82 Å². The van der Waals surface area contributed by atoms with Gasteiger partial charge in [-0.2, -0.15) is 0 Å². The highest BCUT2D eigenvalue weighted by Gasteiger charge is 2.14. The summed E-state index contributed by atoms with van der Waals surface area (Å²) in [5.74, 6) is -1.03. The second-order valence-corrected chi connectivity index (χ2v) is 6.59. The second-order valence-electron chi connectivity index (χ2n) is 3.88. The average Bonchev–Trinajstić information content (AvgIpc) is 2.30. The molecule has 0 amide bonds. The van der Waals surface area contributed by atoms with Crippen molar-refractivity contribution in [1.29, 1.82) is 0 Å². The van der Waals surface area contributed by atoms with E-state index >= 15 is 0 Å². The van der Waals surface area contributed by atoms with E-state index in [1.54, 1.807) is 0 Å². The maximum absolute atomic E-state index is 11.5. The van der Waals surface area contributed by atoms with E-state index in [4.69, 9.17) is 16.7 Å². The van der Waals surface area contributed by atoms with Crippen LogP contribution in [0.1, 0.15) is 10.4 Å². The zero-order valence-corrected chi connectivity index (χ0v) is 12.0. The van der Waals surface area contributed by atoms with Crippen LogP contribution < -0.4 is 5.32 Å². The Hall–Kier alpha value is -1.38. The summed E-state index contributed by atoms with van der Waals surface area (Å²) >= 11 is 5.67. The minimum atomic E-state index is -3.30. The molecule has 2 N–H and O–H groups in total. The topological polar surface area (TPSA) is 99.6 Å². The molecule has 0 aromatic carbocycles. The van der Waals surface area contributed by atoms with Crippen molar-refractivity contribution in [3.8, 4) is 0 Å². The van der Waals surface area contributed by atoms with E-state index in [0.29, 0.717) is 0 Å². The van der Waals surface area contributed by atoms with Gasteiger partial charge in [0.2, 0.25) is 10.0 Å². The summed E-state index contributed by atoms with van der Waals surface area (Å²) in [4.78, 5) is 14.7. The maximum atomic E-state index is 11.5. The van der Waals surface area contributed by atoms with E-state index in [2.05, 4.69) is 10.3 Å². The van der Waals surface area contributed by atoms with Crippen LogP contribution in [-0.4, -0.2) is 55.2 Å². The molecule has 0 aliphatic rings. The van der Waals surface area contributed by atoms with Crippen LogP contribution in [-0.2, 0) is 10.0 Å². The SMILES string of the molecule is CN(C)S(=O)(=O)CCNc1cc(C(=O)O)c(Cl)cn1. The number of carboxylic acid groups (broad SMARTS) is 1. The van der Waals surface area contributed by atoms with Gasteiger partial charge in [-0.1, -0.05) is 11.6 Å². The fourth-order valence-corrected chi connectivity index (χ4v) is 2.10. The van der Waals surface area contributed by atoms with Crippen molar-refractivity contribution >= 4 is 33.4 Å². The number of anilines is 1. The summed E-state index contributed by atoms with van der Waals surface area (Å²) in [6, 6.07) is 1.26. The van der Waals surface area contributed by atoms with Crippen molar-refractivity contribution in [3.05, 3.63) is 22.8 Å². The van der Waals surface area contributed by atoms with E-state index in [1.165, 1.54) is 26.4 Å². The summed E-state index contributed by atoms with van der Waals surface area (Å²) in [5, 5.41) is 11.6. The Morgan fingerprint density at radius 3 is 2.68 bits per heavy atom. The van der Waals surface area contributed by atoms with Crippen molar-refractivity contribution in [2.24, 2.45) is 0 Å². The lowest BCUT2D eigenvalue weighted by molar-refractivity contribution is 0.0697. The number of sulfonamides is 1. The number of rotatable bonds is 6. The highest BCUT2D eigenvalue weighted by atomic mass is 35.5. The molecule has 1 aromatic heterocycles. The van der Waals surface area contributed by atoms with Crippen molar-refractivity contribution in [1.82, 2.24) is 9.29 Å². The molecule has 19 heavy (non-hydrogen) atoms. The number of halogens is 1. The smallest absolute Gasteiger partial charge is 0.337 e. The normalized spacial score (nSPS) is 11.6. The molecule has 0 aliphatic heterocycles. The highest BCUT2D eigenvalue weighted by molar-refractivity contribution is 7.89. The van der Waals surface area contributed by atoms with Gasteiger partial charge in [-0.25, -0.2) is 22.5 Å². The third-order valence-electron chi connectivity index (χ3n) is 2.31. The van der Waals surface area contributed by atoms with Gasteiger partial charge < -0.3 is 10.4 Å². The Kier molecular flexibility index (Phi) is 5.10. The summed E-state index contributed by atoms with van der Waals surface area (Å²) in [5.41, 5.74) is -0.0883. The maximum Gasteiger partial charge on any atom is 0.337 e. The van der Waals surface area contributed by atoms with Crippen LogP contribution in [0.5, 0.6) is 0 Å². The Labute approximate surface area is 116 Å². The summed E-state index contributed by atoms with van der Waals surface area (Å²) in [6.45, 7) is 0.119. The molecule has 0 bridgehead atoms. The van der Waals surface area contributed by atoms with Crippen LogP contribution in [0.4, 0.5) is 5.82 Å². The lowest BCUT2D eigenvalue weighted by Crippen LogP contribution is -2.28. The van der Waals surface area contributed by atoms with Crippen LogP contribution >= 0.6 is 11.6 Å². The number of nitrogens with one attached hydrogen (secondary N) is 1. The van der Waals surface area contributed by atoms with Crippen LogP contribution in [0.2, 0.25) is 5.02 Å². The first kappa shape index (κ1) is 15.7. The quantitative estimate of drug-likeness (QED) is 0.804. The van der Waals surface area contributed by atoms with Crippen LogP contribution in [0.25, 0.3) is 0 Å². The van der Waals surface area contributed by atoms with Gasteiger partial charge in [0.15, 0.2) is 0 Å². The van der Waals surface area contributed by atoms with E-state index in [9.17, 15) is 13.2 Å². The predicted molar refractivity (Wildman–Crippen MR) is 72.2 cm³/mol. The lowest BCUT2D eigenvalue weighted by atomic mass is 10.2. The van der Waals surface area contributed by atoms with Gasteiger partial charge in [-0.15, -0.1) is 0 Å². The molecule has 1 aromatic rings. The first-order valence-electron chi connectivity index (χ1n) is 5.27. The molecule has 1 heterocycles. The summed E-state index contributed by atoms with van der Waals surface area (Å²) in [6.07, 6.45) is 1.20. The van der Waals surface area contributed by atoms with E-state index in [-0.39, 0.29) is 28.7 Å². The van der Waals surface area contributed by atoms with Gasteiger partial charge in [-0.3, -0.25) is 0 Å². The van der Waals surface area contributed by atoms with Gasteiger partial charge in [0, 0.05) is 26.8 Å². The Bertz CT molecular complexity index is 574. The highest BCUT2D eigenvalue weighted by Crippen LogP contribution is 2.17. The number of aromatic nitrogens is 1. The first-order valence-corrected chi connectivity index (χ1v) is 7.25. The number of pyridine rings is 1. The Balaban J connectivity index is 2.70. The van der Waals surface area contributed by atoms with Gasteiger partial charge >= 0.3 is 5.97 Å². The fraction of sp³-hybridized carbons (Fsp3) is 0.400. The van der Waals surface area contributed by atoms with E-state index in [0.717, 1.165) is 4.31 Å². The van der Waals surface area contributed by atoms with Crippen molar-refractivity contribution < 1.29 is 18.3 Å². The average molecular weight is 308 g/mol. The van der Waals surface area contributed by atoms with E-state index in [1.807, 2.05) is 0 Å². The van der Waals surface area contributed by atoms with Crippen LogP contribution in [0.3, 0.4) is 0 Å². The number of carbonyl (C=O) groups is 1. The monoisotopic (exact) mass is 307 g/mol. The zero-order chi connectivity index (χ0) is 14.6. The zero-order valence-electron chi connectivity index (χ0n) is 10.4. The summed E-state index contributed by atoms with van der Waals surface area (Å²) < 4.78 is 24.1. The van der Waals surface area contributed by atoms with Crippen molar-refractivity contribution in [2.75, 3.05) is 31.7 Å². The number of hydrogen-bond acceptors (Lipinski definition) is 5. The molecule has 0 unspecified atom stereocenters. The molecule has 0 fully saturated rings. The van der Waals surface area contributed by atoms with Gasteiger partial charge in [-0.05, 0) is 6.07 Å².